The number of hydrogen-bond acceptors (Lipinski definition) is 3. The fourth-order valence-electron chi connectivity index (χ4n) is 2.25. The van der Waals surface area contributed by atoms with Crippen molar-refractivity contribution in [2.45, 2.75) is 31.7 Å². The molecule has 0 saturated carbocycles. The Labute approximate surface area is 85.7 Å². The molecular formula is C9H18N2O2S. The van der Waals surface area contributed by atoms with E-state index in [0.29, 0.717) is 18.3 Å². The summed E-state index contributed by atoms with van der Waals surface area (Å²) in [5, 5.41) is 3.39. The molecule has 2 fully saturated rings. The fourth-order valence-corrected chi connectivity index (χ4v) is 3.79. The van der Waals surface area contributed by atoms with Crippen molar-refractivity contribution < 1.29 is 8.42 Å². The highest BCUT2D eigenvalue weighted by molar-refractivity contribution is 7.89. The lowest BCUT2D eigenvalue weighted by Crippen LogP contribution is -2.31. The van der Waals surface area contributed by atoms with E-state index in [2.05, 4.69) is 5.32 Å². The molecule has 2 rings (SSSR count). The Kier molecular flexibility index (Phi) is 3.09. The quantitative estimate of drug-likeness (QED) is 0.734. The molecule has 14 heavy (non-hydrogen) atoms. The van der Waals surface area contributed by atoms with Crippen LogP contribution in [0, 0.1) is 0 Å². The lowest BCUT2D eigenvalue weighted by molar-refractivity contribution is 0.405. The summed E-state index contributed by atoms with van der Waals surface area (Å²) in [5.74, 6) is 0.352. The van der Waals surface area contributed by atoms with E-state index < -0.39 is 10.0 Å². The zero-order valence-corrected chi connectivity index (χ0v) is 9.22. The maximum atomic E-state index is 11.5. The number of nitrogens with one attached hydrogen (secondary N) is 1. The standard InChI is InChI=1S/C9H18N2O2S/c12-14(13)8-2-6-11(14)7-4-9-3-1-5-10-9/h9-10H,1-8H2. The van der Waals surface area contributed by atoms with Crippen LogP contribution in [0.2, 0.25) is 0 Å². The SMILES string of the molecule is O=S1(=O)CCCN1CCC1CCCN1. The molecule has 0 amide bonds. The molecule has 0 radical (unpaired) electrons. The minimum Gasteiger partial charge on any atom is -0.314 e. The van der Waals surface area contributed by atoms with Gasteiger partial charge < -0.3 is 5.32 Å². The maximum Gasteiger partial charge on any atom is 0.214 e. The molecule has 0 aromatic carbocycles. The summed E-state index contributed by atoms with van der Waals surface area (Å²) in [6.45, 7) is 2.53. The molecule has 2 heterocycles. The Morgan fingerprint density at radius 1 is 1.36 bits per heavy atom. The van der Waals surface area contributed by atoms with Crippen molar-refractivity contribution in [3.8, 4) is 0 Å². The second kappa shape index (κ2) is 4.16. The van der Waals surface area contributed by atoms with Gasteiger partial charge in [-0.1, -0.05) is 0 Å². The van der Waals surface area contributed by atoms with E-state index >= 15 is 0 Å². The van der Waals surface area contributed by atoms with Crippen LogP contribution in [0.15, 0.2) is 0 Å². The topological polar surface area (TPSA) is 49.4 Å². The van der Waals surface area contributed by atoms with Crippen LogP contribution < -0.4 is 5.32 Å². The third-order valence-corrected chi connectivity index (χ3v) is 5.05. The number of rotatable bonds is 3. The van der Waals surface area contributed by atoms with E-state index in [0.717, 1.165) is 25.9 Å². The Bertz CT molecular complexity index is 283. The van der Waals surface area contributed by atoms with Gasteiger partial charge in [0.15, 0.2) is 0 Å². The zero-order chi connectivity index (χ0) is 10.0. The second-order valence-electron chi connectivity index (χ2n) is 4.15. The van der Waals surface area contributed by atoms with Crippen LogP contribution in [0.25, 0.3) is 0 Å². The van der Waals surface area contributed by atoms with E-state index in [-0.39, 0.29) is 0 Å². The Balaban J connectivity index is 1.80. The summed E-state index contributed by atoms with van der Waals surface area (Å²) >= 11 is 0. The van der Waals surface area contributed by atoms with Gasteiger partial charge >= 0.3 is 0 Å². The van der Waals surface area contributed by atoms with E-state index in [4.69, 9.17) is 0 Å². The molecule has 2 aliphatic rings. The van der Waals surface area contributed by atoms with Crippen molar-refractivity contribution in [2.24, 2.45) is 0 Å². The Morgan fingerprint density at radius 3 is 2.79 bits per heavy atom. The van der Waals surface area contributed by atoms with Crippen molar-refractivity contribution >= 4 is 10.0 Å². The largest absolute Gasteiger partial charge is 0.314 e. The highest BCUT2D eigenvalue weighted by Gasteiger charge is 2.28. The molecule has 0 aromatic heterocycles. The predicted octanol–water partition coefficient (Wildman–Crippen LogP) is 0.164. The normalized spacial score (nSPS) is 32.4. The third-order valence-electron chi connectivity index (χ3n) is 3.09. The van der Waals surface area contributed by atoms with Crippen molar-refractivity contribution in [1.82, 2.24) is 9.62 Å². The van der Waals surface area contributed by atoms with Crippen molar-refractivity contribution in [2.75, 3.05) is 25.4 Å². The van der Waals surface area contributed by atoms with Crippen LogP contribution in [-0.4, -0.2) is 44.2 Å². The Morgan fingerprint density at radius 2 is 2.21 bits per heavy atom. The van der Waals surface area contributed by atoms with Gasteiger partial charge in [-0.15, -0.1) is 0 Å². The van der Waals surface area contributed by atoms with Gasteiger partial charge in [-0.2, -0.15) is 0 Å². The second-order valence-corrected chi connectivity index (χ2v) is 6.24. The molecule has 4 nitrogen and oxygen atoms in total. The van der Waals surface area contributed by atoms with Gasteiger partial charge in [0.2, 0.25) is 10.0 Å². The minimum absolute atomic E-state index is 0.352. The number of hydrogen-bond donors (Lipinski definition) is 1. The van der Waals surface area contributed by atoms with Gasteiger partial charge in [0.05, 0.1) is 5.75 Å². The summed E-state index contributed by atoms with van der Waals surface area (Å²) in [7, 11) is -2.87. The van der Waals surface area contributed by atoms with Gasteiger partial charge in [0, 0.05) is 19.1 Å². The molecule has 0 aromatic rings. The van der Waals surface area contributed by atoms with Crippen LogP contribution in [0.1, 0.15) is 25.7 Å². The Hall–Kier alpha value is -0.130. The van der Waals surface area contributed by atoms with Gasteiger partial charge in [0.1, 0.15) is 0 Å². The van der Waals surface area contributed by atoms with Crippen molar-refractivity contribution in [3.63, 3.8) is 0 Å². The lowest BCUT2D eigenvalue weighted by Gasteiger charge is -2.16. The molecule has 0 spiro atoms. The molecule has 2 aliphatic heterocycles. The predicted molar refractivity (Wildman–Crippen MR) is 55.6 cm³/mol. The minimum atomic E-state index is -2.87. The van der Waals surface area contributed by atoms with Crippen LogP contribution >= 0.6 is 0 Å². The number of nitrogens with zero attached hydrogens (tertiary/aromatic N) is 1. The molecule has 1 atom stereocenters. The molecule has 82 valence electrons. The van der Waals surface area contributed by atoms with Gasteiger partial charge in [-0.3, -0.25) is 0 Å². The van der Waals surface area contributed by atoms with Crippen molar-refractivity contribution in [1.29, 1.82) is 0 Å². The highest BCUT2D eigenvalue weighted by Crippen LogP contribution is 2.16. The monoisotopic (exact) mass is 218 g/mol. The third kappa shape index (κ3) is 2.27. The molecule has 5 heteroatoms. The summed E-state index contributed by atoms with van der Waals surface area (Å²) in [4.78, 5) is 0. The maximum absolute atomic E-state index is 11.5. The van der Waals surface area contributed by atoms with E-state index in [9.17, 15) is 8.42 Å². The summed E-state index contributed by atoms with van der Waals surface area (Å²) < 4.78 is 24.6. The average Bonchev–Trinajstić information content (AvgIpc) is 2.71. The first-order valence-electron chi connectivity index (χ1n) is 5.40. The van der Waals surface area contributed by atoms with E-state index in [1.54, 1.807) is 4.31 Å². The lowest BCUT2D eigenvalue weighted by atomic mass is 10.1. The summed E-state index contributed by atoms with van der Waals surface area (Å²) in [5.41, 5.74) is 0. The van der Waals surface area contributed by atoms with Gasteiger partial charge in [-0.05, 0) is 32.2 Å². The van der Waals surface area contributed by atoms with E-state index in [1.165, 1.54) is 12.8 Å². The molecule has 0 aliphatic carbocycles. The summed E-state index contributed by atoms with van der Waals surface area (Å²) in [6.07, 6.45) is 4.21. The van der Waals surface area contributed by atoms with Gasteiger partial charge in [0.25, 0.3) is 0 Å². The number of sulfonamides is 1. The molecule has 1 unspecified atom stereocenters. The van der Waals surface area contributed by atoms with E-state index in [1.807, 2.05) is 0 Å². The molecule has 0 bridgehead atoms. The van der Waals surface area contributed by atoms with Crippen LogP contribution in [0.3, 0.4) is 0 Å². The average molecular weight is 218 g/mol. The molecular weight excluding hydrogens is 200 g/mol. The van der Waals surface area contributed by atoms with Crippen LogP contribution in [0.5, 0.6) is 0 Å². The van der Waals surface area contributed by atoms with Gasteiger partial charge in [-0.25, -0.2) is 12.7 Å². The first-order valence-corrected chi connectivity index (χ1v) is 7.00. The zero-order valence-electron chi connectivity index (χ0n) is 8.41. The first kappa shape index (κ1) is 10.4. The van der Waals surface area contributed by atoms with Crippen LogP contribution in [0.4, 0.5) is 0 Å². The highest BCUT2D eigenvalue weighted by atomic mass is 32.2. The first-order chi connectivity index (χ1) is 6.68. The van der Waals surface area contributed by atoms with Crippen molar-refractivity contribution in [3.05, 3.63) is 0 Å². The molecule has 1 N–H and O–H groups in total. The fraction of sp³-hybridized carbons (Fsp3) is 1.00. The van der Waals surface area contributed by atoms with Crippen LogP contribution in [-0.2, 0) is 10.0 Å². The molecule has 2 saturated heterocycles. The smallest absolute Gasteiger partial charge is 0.214 e. The summed E-state index contributed by atoms with van der Waals surface area (Å²) in [6, 6.07) is 0.547.